The summed E-state index contributed by atoms with van der Waals surface area (Å²) in [4.78, 5) is 12.7. The first-order valence-electron chi connectivity index (χ1n) is 8.74. The molecule has 2 rings (SSSR count). The average molecular weight is 357 g/mol. The monoisotopic (exact) mass is 356 g/mol. The molecule has 2 aromatic rings. The summed E-state index contributed by atoms with van der Waals surface area (Å²) in [7, 11) is -1.90. The smallest absolute Gasteiger partial charge is 0.314 e. The number of benzene rings is 2. The van der Waals surface area contributed by atoms with Crippen LogP contribution >= 0.6 is 0 Å². The Hall–Kier alpha value is -1.91. The number of hydrogen-bond acceptors (Lipinski definition) is 3. The fraction of sp³-hybridized carbons (Fsp3) is 0.381. The van der Waals surface area contributed by atoms with E-state index in [1.165, 1.54) is 0 Å². The largest absolute Gasteiger partial charge is 0.426 e. The van der Waals surface area contributed by atoms with E-state index in [1.807, 2.05) is 48.5 Å². The fourth-order valence-corrected chi connectivity index (χ4v) is 4.51. The second kappa shape index (κ2) is 7.98. The molecule has 3 nitrogen and oxygen atoms in total. The Bertz CT molecular complexity index is 677. The van der Waals surface area contributed by atoms with Gasteiger partial charge in [0.25, 0.3) is 0 Å². The highest BCUT2D eigenvalue weighted by atomic mass is 28.4. The van der Waals surface area contributed by atoms with Gasteiger partial charge in [-0.2, -0.15) is 0 Å². The Balaban J connectivity index is 2.35. The van der Waals surface area contributed by atoms with Crippen molar-refractivity contribution >= 4 is 14.3 Å². The van der Waals surface area contributed by atoms with Crippen molar-refractivity contribution in [3.05, 3.63) is 66.2 Å². The van der Waals surface area contributed by atoms with Gasteiger partial charge in [0.2, 0.25) is 0 Å². The predicted molar refractivity (Wildman–Crippen MR) is 104 cm³/mol. The van der Waals surface area contributed by atoms with Crippen molar-refractivity contribution in [1.82, 2.24) is 0 Å². The van der Waals surface area contributed by atoms with E-state index in [0.717, 1.165) is 5.56 Å². The van der Waals surface area contributed by atoms with E-state index in [-0.39, 0.29) is 18.3 Å². The lowest BCUT2D eigenvalue weighted by atomic mass is 9.81. The maximum atomic E-state index is 12.7. The number of rotatable bonds is 7. The number of para-hydroxylation sites is 1. The van der Waals surface area contributed by atoms with Crippen molar-refractivity contribution in [2.45, 2.75) is 45.5 Å². The van der Waals surface area contributed by atoms with Gasteiger partial charge >= 0.3 is 5.97 Å². The van der Waals surface area contributed by atoms with Crippen LogP contribution in [-0.2, 0) is 14.8 Å². The molecule has 2 aromatic carbocycles. The Labute approximate surface area is 152 Å². The van der Waals surface area contributed by atoms with Crippen molar-refractivity contribution in [2.24, 2.45) is 5.92 Å². The standard InChI is InChI=1S/C21H28O3Si/c1-17(2)21(24-25(3,4)5,18-12-8-6-9-13-18)16-20(22)23-19-14-10-7-11-15-19/h6-15,17H,16H2,1-5H3. The highest BCUT2D eigenvalue weighted by Crippen LogP contribution is 2.40. The highest BCUT2D eigenvalue weighted by Gasteiger charge is 2.43. The molecule has 0 saturated heterocycles. The van der Waals surface area contributed by atoms with Gasteiger partial charge in [-0.3, -0.25) is 4.79 Å². The van der Waals surface area contributed by atoms with Gasteiger partial charge in [-0.1, -0.05) is 62.4 Å². The summed E-state index contributed by atoms with van der Waals surface area (Å²) >= 11 is 0. The Morgan fingerprint density at radius 3 is 1.96 bits per heavy atom. The summed E-state index contributed by atoms with van der Waals surface area (Å²) in [6.45, 7) is 10.6. The second-order valence-corrected chi connectivity index (χ2v) is 12.0. The van der Waals surface area contributed by atoms with E-state index >= 15 is 0 Å². The molecule has 0 heterocycles. The van der Waals surface area contributed by atoms with E-state index in [4.69, 9.17) is 9.16 Å². The third kappa shape index (κ3) is 5.28. The van der Waals surface area contributed by atoms with Crippen LogP contribution < -0.4 is 4.74 Å². The molecule has 134 valence electrons. The summed E-state index contributed by atoms with van der Waals surface area (Å²) < 4.78 is 12.2. The summed E-state index contributed by atoms with van der Waals surface area (Å²) in [6, 6.07) is 19.2. The molecule has 0 saturated carbocycles. The van der Waals surface area contributed by atoms with Crippen molar-refractivity contribution in [3.8, 4) is 5.75 Å². The Morgan fingerprint density at radius 1 is 0.960 bits per heavy atom. The normalized spacial score (nSPS) is 14.2. The van der Waals surface area contributed by atoms with Crippen LogP contribution in [0.15, 0.2) is 60.7 Å². The zero-order valence-electron chi connectivity index (χ0n) is 15.8. The van der Waals surface area contributed by atoms with Gasteiger partial charge in [-0.15, -0.1) is 0 Å². The molecule has 0 bridgehead atoms. The zero-order valence-corrected chi connectivity index (χ0v) is 16.8. The Kier molecular flexibility index (Phi) is 6.19. The third-order valence-corrected chi connectivity index (χ3v) is 5.04. The molecular formula is C21H28O3Si. The summed E-state index contributed by atoms with van der Waals surface area (Å²) in [5, 5.41) is 0. The Morgan fingerprint density at radius 2 is 1.48 bits per heavy atom. The van der Waals surface area contributed by atoms with Gasteiger partial charge in [0.1, 0.15) is 5.75 Å². The molecule has 0 radical (unpaired) electrons. The summed E-state index contributed by atoms with van der Waals surface area (Å²) in [5.41, 5.74) is 0.342. The topological polar surface area (TPSA) is 35.5 Å². The van der Waals surface area contributed by atoms with E-state index in [0.29, 0.717) is 5.75 Å². The molecule has 0 N–H and O–H groups in total. The van der Waals surface area contributed by atoms with Crippen LogP contribution in [0.1, 0.15) is 25.8 Å². The molecule has 0 fully saturated rings. The minimum atomic E-state index is -1.90. The van der Waals surface area contributed by atoms with Crippen LogP contribution in [-0.4, -0.2) is 14.3 Å². The van der Waals surface area contributed by atoms with Gasteiger partial charge in [-0.05, 0) is 43.3 Å². The van der Waals surface area contributed by atoms with Gasteiger partial charge in [0.05, 0.1) is 12.0 Å². The first-order chi connectivity index (χ1) is 11.7. The van der Waals surface area contributed by atoms with Crippen LogP contribution in [0.2, 0.25) is 19.6 Å². The molecule has 1 atom stereocenters. The molecule has 4 heteroatoms. The lowest BCUT2D eigenvalue weighted by Gasteiger charge is -2.42. The first kappa shape index (κ1) is 19.4. The molecule has 0 spiro atoms. The van der Waals surface area contributed by atoms with E-state index in [1.54, 1.807) is 12.1 Å². The van der Waals surface area contributed by atoms with Gasteiger partial charge in [0.15, 0.2) is 8.32 Å². The van der Waals surface area contributed by atoms with E-state index in [9.17, 15) is 4.79 Å². The van der Waals surface area contributed by atoms with Crippen molar-refractivity contribution < 1.29 is 14.0 Å². The lowest BCUT2D eigenvalue weighted by molar-refractivity contribution is -0.141. The SMILES string of the molecule is CC(C)C(CC(=O)Oc1ccccc1)(O[Si](C)(C)C)c1ccccc1. The maximum absolute atomic E-state index is 12.7. The molecule has 0 aromatic heterocycles. The third-order valence-electron chi connectivity index (χ3n) is 4.07. The number of carbonyl (C=O) groups is 1. The molecule has 0 aliphatic heterocycles. The van der Waals surface area contributed by atoms with Crippen LogP contribution in [0, 0.1) is 5.92 Å². The molecule has 0 aliphatic rings. The van der Waals surface area contributed by atoms with Crippen molar-refractivity contribution in [1.29, 1.82) is 0 Å². The van der Waals surface area contributed by atoms with Crippen LogP contribution in [0.3, 0.4) is 0 Å². The number of hydrogen-bond donors (Lipinski definition) is 0. The van der Waals surface area contributed by atoms with Crippen LogP contribution in [0.4, 0.5) is 0 Å². The quantitative estimate of drug-likeness (QED) is 0.379. The van der Waals surface area contributed by atoms with Gasteiger partial charge in [0, 0.05) is 0 Å². The molecular weight excluding hydrogens is 328 g/mol. The molecule has 1 unspecified atom stereocenters. The van der Waals surface area contributed by atoms with Gasteiger partial charge in [-0.25, -0.2) is 0 Å². The number of esters is 1. The summed E-state index contributed by atoms with van der Waals surface area (Å²) in [6.07, 6.45) is 0.188. The lowest BCUT2D eigenvalue weighted by Crippen LogP contribution is -2.46. The van der Waals surface area contributed by atoms with E-state index < -0.39 is 13.9 Å². The average Bonchev–Trinajstić information content (AvgIpc) is 2.54. The maximum Gasteiger partial charge on any atom is 0.314 e. The minimum Gasteiger partial charge on any atom is -0.426 e. The summed E-state index contributed by atoms with van der Waals surface area (Å²) in [5.74, 6) is 0.415. The van der Waals surface area contributed by atoms with Crippen molar-refractivity contribution in [2.75, 3.05) is 0 Å². The first-order valence-corrected chi connectivity index (χ1v) is 12.2. The molecule has 0 amide bonds. The van der Waals surface area contributed by atoms with Crippen molar-refractivity contribution in [3.63, 3.8) is 0 Å². The fourth-order valence-electron chi connectivity index (χ4n) is 2.99. The predicted octanol–water partition coefficient (Wildman–Crippen LogP) is 5.39. The highest BCUT2D eigenvalue weighted by molar-refractivity contribution is 6.69. The minimum absolute atomic E-state index is 0.130. The second-order valence-electron chi connectivity index (χ2n) is 7.59. The molecule has 0 aliphatic carbocycles. The molecule has 25 heavy (non-hydrogen) atoms. The number of ether oxygens (including phenoxy) is 1. The number of carbonyl (C=O) groups excluding carboxylic acids is 1. The zero-order chi connectivity index (χ0) is 18.5. The van der Waals surface area contributed by atoms with Crippen LogP contribution in [0.5, 0.6) is 5.75 Å². The van der Waals surface area contributed by atoms with E-state index in [2.05, 4.69) is 33.5 Å². The van der Waals surface area contributed by atoms with Gasteiger partial charge < -0.3 is 9.16 Å². The van der Waals surface area contributed by atoms with Crippen LogP contribution in [0.25, 0.3) is 0 Å².